The standard InChI is InChI=1S/C10H14BrNO/c1-7(12)5-6-8-9(11)3-2-4-10(8)13/h2-4,7,13H,5-6,12H2,1H3. The second-order valence-electron chi connectivity index (χ2n) is 3.25. The Balaban J connectivity index is 2.75. The zero-order valence-corrected chi connectivity index (χ0v) is 9.21. The molecule has 2 nitrogen and oxygen atoms in total. The van der Waals surface area contributed by atoms with Crippen molar-refractivity contribution in [3.63, 3.8) is 0 Å². The molecule has 0 aliphatic carbocycles. The highest BCUT2D eigenvalue weighted by molar-refractivity contribution is 9.10. The van der Waals surface area contributed by atoms with Crippen molar-refractivity contribution in [2.45, 2.75) is 25.8 Å². The highest BCUT2D eigenvalue weighted by Gasteiger charge is 2.05. The molecule has 1 aromatic carbocycles. The predicted octanol–water partition coefficient (Wildman–Crippen LogP) is 2.43. The van der Waals surface area contributed by atoms with Gasteiger partial charge in [-0.1, -0.05) is 22.0 Å². The molecular weight excluding hydrogens is 230 g/mol. The van der Waals surface area contributed by atoms with Crippen LogP contribution in [-0.2, 0) is 6.42 Å². The van der Waals surface area contributed by atoms with E-state index in [-0.39, 0.29) is 6.04 Å². The third-order valence-electron chi connectivity index (χ3n) is 1.94. The summed E-state index contributed by atoms with van der Waals surface area (Å²) in [5, 5.41) is 9.53. The molecule has 0 radical (unpaired) electrons. The van der Waals surface area contributed by atoms with Crippen LogP contribution in [0.5, 0.6) is 5.75 Å². The first-order valence-electron chi connectivity index (χ1n) is 4.33. The molecule has 1 unspecified atom stereocenters. The topological polar surface area (TPSA) is 46.2 Å². The summed E-state index contributed by atoms with van der Waals surface area (Å²) in [4.78, 5) is 0. The minimum Gasteiger partial charge on any atom is -0.508 e. The normalized spacial score (nSPS) is 12.8. The summed E-state index contributed by atoms with van der Waals surface area (Å²) in [6.07, 6.45) is 1.70. The maximum absolute atomic E-state index is 9.53. The first-order valence-corrected chi connectivity index (χ1v) is 5.12. The number of benzene rings is 1. The summed E-state index contributed by atoms with van der Waals surface area (Å²) in [6, 6.07) is 5.61. The number of aromatic hydroxyl groups is 1. The molecule has 1 rings (SSSR count). The average molecular weight is 244 g/mol. The fourth-order valence-corrected chi connectivity index (χ4v) is 1.72. The van der Waals surface area contributed by atoms with Gasteiger partial charge in [0.2, 0.25) is 0 Å². The Morgan fingerprint density at radius 3 is 2.77 bits per heavy atom. The molecule has 0 spiro atoms. The minimum atomic E-state index is 0.173. The van der Waals surface area contributed by atoms with E-state index in [4.69, 9.17) is 5.73 Å². The zero-order chi connectivity index (χ0) is 9.84. The van der Waals surface area contributed by atoms with Crippen LogP contribution in [0.2, 0.25) is 0 Å². The lowest BCUT2D eigenvalue weighted by molar-refractivity contribution is 0.465. The van der Waals surface area contributed by atoms with Gasteiger partial charge in [-0.05, 0) is 31.9 Å². The molecule has 0 saturated carbocycles. The predicted molar refractivity (Wildman–Crippen MR) is 57.8 cm³/mol. The Bertz CT molecular complexity index is 266. The fourth-order valence-electron chi connectivity index (χ4n) is 1.17. The summed E-state index contributed by atoms with van der Waals surface area (Å²) in [6.45, 7) is 1.97. The molecule has 0 heterocycles. The molecular formula is C10H14BrNO. The minimum absolute atomic E-state index is 0.173. The smallest absolute Gasteiger partial charge is 0.119 e. The highest BCUT2D eigenvalue weighted by atomic mass is 79.9. The molecule has 3 N–H and O–H groups in total. The number of halogens is 1. The van der Waals surface area contributed by atoms with Crippen LogP contribution in [0.15, 0.2) is 22.7 Å². The van der Waals surface area contributed by atoms with E-state index in [0.29, 0.717) is 5.75 Å². The Labute approximate surface area is 86.9 Å². The Kier molecular flexibility index (Phi) is 3.75. The molecule has 0 aliphatic rings. The van der Waals surface area contributed by atoms with Crippen molar-refractivity contribution >= 4 is 15.9 Å². The van der Waals surface area contributed by atoms with Crippen molar-refractivity contribution in [3.05, 3.63) is 28.2 Å². The molecule has 1 aromatic rings. The van der Waals surface area contributed by atoms with E-state index < -0.39 is 0 Å². The van der Waals surface area contributed by atoms with Gasteiger partial charge in [0.1, 0.15) is 5.75 Å². The van der Waals surface area contributed by atoms with Crippen LogP contribution in [0.25, 0.3) is 0 Å². The lowest BCUT2D eigenvalue weighted by atomic mass is 10.1. The molecule has 0 amide bonds. The summed E-state index contributed by atoms with van der Waals surface area (Å²) < 4.78 is 0.952. The van der Waals surface area contributed by atoms with Crippen LogP contribution in [-0.4, -0.2) is 11.1 Å². The van der Waals surface area contributed by atoms with E-state index in [1.165, 1.54) is 0 Å². The van der Waals surface area contributed by atoms with Crippen molar-refractivity contribution in [1.82, 2.24) is 0 Å². The van der Waals surface area contributed by atoms with Gasteiger partial charge < -0.3 is 10.8 Å². The number of hydrogen-bond acceptors (Lipinski definition) is 2. The number of hydrogen-bond donors (Lipinski definition) is 2. The van der Waals surface area contributed by atoms with Gasteiger partial charge in [-0.25, -0.2) is 0 Å². The number of nitrogens with two attached hydrogens (primary N) is 1. The zero-order valence-electron chi connectivity index (χ0n) is 7.63. The third-order valence-corrected chi connectivity index (χ3v) is 2.69. The maximum atomic E-state index is 9.53. The summed E-state index contributed by atoms with van der Waals surface area (Å²) in [5.41, 5.74) is 6.59. The Morgan fingerprint density at radius 1 is 1.54 bits per heavy atom. The third kappa shape index (κ3) is 3.01. The molecule has 3 heteroatoms. The molecule has 0 aliphatic heterocycles. The van der Waals surface area contributed by atoms with Crippen molar-refractivity contribution in [3.8, 4) is 5.75 Å². The van der Waals surface area contributed by atoms with Gasteiger partial charge in [-0.3, -0.25) is 0 Å². The molecule has 72 valence electrons. The van der Waals surface area contributed by atoms with E-state index in [0.717, 1.165) is 22.9 Å². The number of phenols is 1. The lowest BCUT2D eigenvalue weighted by Gasteiger charge is -2.08. The molecule has 0 saturated heterocycles. The van der Waals surface area contributed by atoms with Crippen LogP contribution < -0.4 is 5.73 Å². The van der Waals surface area contributed by atoms with Crippen LogP contribution in [0, 0.1) is 0 Å². The quantitative estimate of drug-likeness (QED) is 0.857. The summed E-state index contributed by atoms with van der Waals surface area (Å²) in [7, 11) is 0. The van der Waals surface area contributed by atoms with Gasteiger partial charge in [-0.2, -0.15) is 0 Å². The maximum Gasteiger partial charge on any atom is 0.119 e. The Morgan fingerprint density at radius 2 is 2.23 bits per heavy atom. The van der Waals surface area contributed by atoms with Crippen molar-refractivity contribution in [2.75, 3.05) is 0 Å². The first kappa shape index (κ1) is 10.5. The molecule has 0 aromatic heterocycles. The molecule has 1 atom stereocenters. The Hall–Kier alpha value is -0.540. The largest absolute Gasteiger partial charge is 0.508 e. The molecule has 13 heavy (non-hydrogen) atoms. The van der Waals surface area contributed by atoms with Crippen LogP contribution in [0.3, 0.4) is 0 Å². The van der Waals surface area contributed by atoms with Gasteiger partial charge in [0.05, 0.1) is 0 Å². The monoisotopic (exact) mass is 243 g/mol. The van der Waals surface area contributed by atoms with Gasteiger partial charge in [0.25, 0.3) is 0 Å². The van der Waals surface area contributed by atoms with E-state index in [1.807, 2.05) is 19.1 Å². The SMILES string of the molecule is CC(N)CCc1c(O)cccc1Br. The number of phenolic OH excluding ortho intramolecular Hbond substituents is 1. The van der Waals surface area contributed by atoms with Gasteiger partial charge in [0.15, 0.2) is 0 Å². The van der Waals surface area contributed by atoms with E-state index in [9.17, 15) is 5.11 Å². The highest BCUT2D eigenvalue weighted by Crippen LogP contribution is 2.26. The van der Waals surface area contributed by atoms with Crippen molar-refractivity contribution in [2.24, 2.45) is 5.73 Å². The van der Waals surface area contributed by atoms with Crippen molar-refractivity contribution in [1.29, 1.82) is 0 Å². The summed E-state index contributed by atoms with van der Waals surface area (Å²) in [5.74, 6) is 0.343. The van der Waals surface area contributed by atoms with Gasteiger partial charge in [-0.15, -0.1) is 0 Å². The fraction of sp³-hybridized carbons (Fsp3) is 0.400. The molecule has 0 fully saturated rings. The number of rotatable bonds is 3. The average Bonchev–Trinajstić information content (AvgIpc) is 2.03. The van der Waals surface area contributed by atoms with E-state index in [1.54, 1.807) is 6.07 Å². The van der Waals surface area contributed by atoms with E-state index >= 15 is 0 Å². The first-order chi connectivity index (χ1) is 6.11. The second kappa shape index (κ2) is 4.63. The second-order valence-corrected chi connectivity index (χ2v) is 4.11. The van der Waals surface area contributed by atoms with Crippen LogP contribution >= 0.6 is 15.9 Å². The molecule has 0 bridgehead atoms. The van der Waals surface area contributed by atoms with E-state index in [2.05, 4.69) is 15.9 Å². The van der Waals surface area contributed by atoms with Crippen LogP contribution in [0.4, 0.5) is 0 Å². The lowest BCUT2D eigenvalue weighted by Crippen LogP contribution is -2.15. The van der Waals surface area contributed by atoms with Crippen molar-refractivity contribution < 1.29 is 5.11 Å². The van der Waals surface area contributed by atoms with Gasteiger partial charge >= 0.3 is 0 Å². The van der Waals surface area contributed by atoms with Crippen LogP contribution in [0.1, 0.15) is 18.9 Å². The summed E-state index contributed by atoms with van der Waals surface area (Å²) >= 11 is 3.40. The van der Waals surface area contributed by atoms with Gasteiger partial charge in [0, 0.05) is 16.1 Å².